The molecule has 1 aromatic rings. The van der Waals surface area contributed by atoms with Crippen molar-refractivity contribution in [2.75, 3.05) is 31.5 Å². The fourth-order valence-corrected chi connectivity index (χ4v) is 5.89. The lowest BCUT2D eigenvalue weighted by atomic mass is 9.74. The minimum atomic E-state index is -0.0983. The molecule has 4 aliphatic heterocycles. The highest BCUT2D eigenvalue weighted by molar-refractivity contribution is 5.60. The molecule has 144 valence electrons. The summed E-state index contributed by atoms with van der Waals surface area (Å²) in [5.41, 5.74) is 2.51. The number of fused-ring (bicyclic) bond motifs is 4. The molecule has 4 heterocycles. The van der Waals surface area contributed by atoms with E-state index >= 15 is 0 Å². The zero-order valence-corrected chi connectivity index (χ0v) is 15.7. The van der Waals surface area contributed by atoms with Crippen LogP contribution in [-0.4, -0.2) is 43.3 Å². The van der Waals surface area contributed by atoms with Crippen molar-refractivity contribution in [1.29, 1.82) is 0 Å². The smallest absolute Gasteiger partial charge is 0.123 e. The molecule has 3 fully saturated rings. The Labute approximate surface area is 157 Å². The standard InChI is InChI=1S/C22H31FN2O.H2/c23-17-5-7-21-20(13-17)22(15-24-21)8-10-25(11-9-22)14-16-4-6-18-2-1-3-19(12-16)26-18;/h5,7,13,16,18-19,24H,1-4,6,8-12,14-15H2;1H/t16-,18-,19-;/m1./s1. The zero-order valence-electron chi connectivity index (χ0n) is 15.7. The minimum absolute atomic E-state index is 0. The molecule has 5 rings (SSSR count). The van der Waals surface area contributed by atoms with E-state index in [0.29, 0.717) is 12.2 Å². The largest absolute Gasteiger partial charge is 0.384 e. The summed E-state index contributed by atoms with van der Waals surface area (Å²) in [7, 11) is 0. The minimum Gasteiger partial charge on any atom is -0.384 e. The molecule has 0 aromatic heterocycles. The van der Waals surface area contributed by atoms with Gasteiger partial charge in [-0.2, -0.15) is 0 Å². The van der Waals surface area contributed by atoms with Crippen molar-refractivity contribution in [2.24, 2.45) is 5.92 Å². The van der Waals surface area contributed by atoms with Crippen LogP contribution >= 0.6 is 0 Å². The Morgan fingerprint density at radius 3 is 2.88 bits per heavy atom. The van der Waals surface area contributed by atoms with Crippen molar-refractivity contribution < 1.29 is 10.6 Å². The SMILES string of the molecule is Fc1ccc2c(c1)C1(CCN(C[C@@H]3CC[C@H]4CCC[C@H](C3)O4)CC1)CN2.[HH]. The van der Waals surface area contributed by atoms with E-state index < -0.39 is 0 Å². The second-order valence-electron chi connectivity index (χ2n) is 9.11. The van der Waals surface area contributed by atoms with Crippen molar-refractivity contribution in [1.82, 2.24) is 4.90 Å². The lowest BCUT2D eigenvalue weighted by Gasteiger charge is -2.40. The van der Waals surface area contributed by atoms with E-state index in [1.807, 2.05) is 6.07 Å². The number of nitrogens with zero attached hydrogens (tertiary/aromatic N) is 1. The van der Waals surface area contributed by atoms with Crippen LogP contribution in [0.2, 0.25) is 0 Å². The molecule has 0 unspecified atom stereocenters. The van der Waals surface area contributed by atoms with Gasteiger partial charge in [-0.3, -0.25) is 0 Å². The molecule has 0 amide bonds. The Morgan fingerprint density at radius 1 is 1.15 bits per heavy atom. The summed E-state index contributed by atoms with van der Waals surface area (Å²) in [5.74, 6) is 0.697. The molecule has 3 nitrogen and oxygen atoms in total. The summed E-state index contributed by atoms with van der Waals surface area (Å²) in [4.78, 5) is 2.67. The van der Waals surface area contributed by atoms with Gasteiger partial charge in [0.1, 0.15) is 5.82 Å². The first-order valence-electron chi connectivity index (χ1n) is 10.6. The van der Waals surface area contributed by atoms with Gasteiger partial charge < -0.3 is 15.0 Å². The maximum atomic E-state index is 13.8. The second kappa shape index (κ2) is 6.79. The third-order valence-corrected chi connectivity index (χ3v) is 7.43. The molecule has 0 radical (unpaired) electrons. The Balaban J connectivity index is 0.00000180. The Hall–Kier alpha value is -1.13. The molecule has 26 heavy (non-hydrogen) atoms. The van der Waals surface area contributed by atoms with Crippen LogP contribution in [0.5, 0.6) is 0 Å². The molecule has 3 atom stereocenters. The molecule has 3 saturated heterocycles. The number of hydrogen-bond donors (Lipinski definition) is 1. The van der Waals surface area contributed by atoms with Gasteiger partial charge in [0.2, 0.25) is 0 Å². The fourth-order valence-electron chi connectivity index (χ4n) is 5.89. The summed E-state index contributed by atoms with van der Waals surface area (Å²) < 4.78 is 20.0. The first-order valence-corrected chi connectivity index (χ1v) is 10.6. The predicted octanol–water partition coefficient (Wildman–Crippen LogP) is 4.57. The zero-order chi connectivity index (χ0) is 17.6. The van der Waals surface area contributed by atoms with Crippen LogP contribution in [0.15, 0.2) is 18.2 Å². The third-order valence-electron chi connectivity index (χ3n) is 7.43. The van der Waals surface area contributed by atoms with Crippen LogP contribution in [0, 0.1) is 11.7 Å². The van der Waals surface area contributed by atoms with Crippen LogP contribution in [-0.2, 0) is 10.2 Å². The van der Waals surface area contributed by atoms with Gasteiger partial charge in [-0.1, -0.05) is 0 Å². The fraction of sp³-hybridized carbons (Fsp3) is 0.727. The highest BCUT2D eigenvalue weighted by atomic mass is 19.1. The van der Waals surface area contributed by atoms with E-state index in [9.17, 15) is 4.39 Å². The first kappa shape index (κ1) is 17.0. The van der Waals surface area contributed by atoms with Crippen LogP contribution in [0.3, 0.4) is 0 Å². The lowest BCUT2D eigenvalue weighted by Crippen LogP contribution is -2.45. The van der Waals surface area contributed by atoms with Gasteiger partial charge in [0.05, 0.1) is 12.2 Å². The Morgan fingerprint density at radius 2 is 2.00 bits per heavy atom. The number of halogens is 1. The number of benzene rings is 1. The van der Waals surface area contributed by atoms with E-state index in [2.05, 4.69) is 10.2 Å². The van der Waals surface area contributed by atoms with Crippen molar-refractivity contribution in [3.63, 3.8) is 0 Å². The van der Waals surface area contributed by atoms with Gasteiger partial charge in [0.25, 0.3) is 0 Å². The maximum Gasteiger partial charge on any atom is 0.123 e. The summed E-state index contributed by atoms with van der Waals surface area (Å²) in [6.45, 7) is 4.49. The van der Waals surface area contributed by atoms with Gasteiger partial charge in [-0.15, -0.1) is 0 Å². The maximum absolute atomic E-state index is 13.8. The van der Waals surface area contributed by atoms with E-state index in [0.717, 1.165) is 44.1 Å². The number of piperidine rings is 1. The highest BCUT2D eigenvalue weighted by Gasteiger charge is 2.42. The predicted molar refractivity (Wildman–Crippen MR) is 104 cm³/mol. The number of ether oxygens (including phenoxy) is 1. The van der Waals surface area contributed by atoms with Gasteiger partial charge in [-0.25, -0.2) is 4.39 Å². The molecule has 1 N–H and O–H groups in total. The summed E-state index contributed by atoms with van der Waals surface area (Å²) in [6, 6.07) is 5.26. The van der Waals surface area contributed by atoms with Crippen LogP contribution < -0.4 is 5.32 Å². The van der Waals surface area contributed by atoms with E-state index in [1.54, 1.807) is 12.1 Å². The quantitative estimate of drug-likeness (QED) is 0.836. The highest BCUT2D eigenvalue weighted by Crippen LogP contribution is 2.44. The summed E-state index contributed by atoms with van der Waals surface area (Å²) in [5, 5.41) is 3.52. The van der Waals surface area contributed by atoms with Gasteiger partial charge in [0.15, 0.2) is 0 Å². The van der Waals surface area contributed by atoms with Gasteiger partial charge in [0, 0.05) is 25.6 Å². The molecule has 1 spiro atoms. The number of anilines is 1. The van der Waals surface area contributed by atoms with Gasteiger partial charge >= 0.3 is 0 Å². The molecular formula is C22H33FN2O. The third kappa shape index (κ3) is 3.16. The van der Waals surface area contributed by atoms with E-state index in [1.165, 1.54) is 50.6 Å². The molecule has 0 saturated carbocycles. The monoisotopic (exact) mass is 360 g/mol. The lowest BCUT2D eigenvalue weighted by molar-refractivity contribution is -0.0472. The van der Waals surface area contributed by atoms with Crippen LogP contribution in [0.4, 0.5) is 10.1 Å². The number of nitrogens with one attached hydrogen (secondary N) is 1. The molecular weight excluding hydrogens is 327 g/mol. The summed E-state index contributed by atoms with van der Waals surface area (Å²) in [6.07, 6.45) is 11.1. The average molecular weight is 361 g/mol. The Bertz CT molecular complexity index is 662. The first-order chi connectivity index (χ1) is 12.7. The number of rotatable bonds is 2. The second-order valence-corrected chi connectivity index (χ2v) is 9.11. The normalized spacial score (nSPS) is 33.5. The summed E-state index contributed by atoms with van der Waals surface area (Å²) >= 11 is 0. The van der Waals surface area contributed by atoms with E-state index in [4.69, 9.17) is 4.74 Å². The van der Waals surface area contributed by atoms with Crippen LogP contribution in [0.1, 0.15) is 58.4 Å². The Kier molecular flexibility index (Phi) is 4.44. The number of hydrogen-bond acceptors (Lipinski definition) is 3. The van der Waals surface area contributed by atoms with Gasteiger partial charge in [-0.05, 0) is 94.1 Å². The molecule has 2 bridgehead atoms. The van der Waals surface area contributed by atoms with Crippen molar-refractivity contribution in [2.45, 2.75) is 69.0 Å². The van der Waals surface area contributed by atoms with Crippen molar-refractivity contribution >= 4 is 5.69 Å². The topological polar surface area (TPSA) is 24.5 Å². The van der Waals surface area contributed by atoms with Crippen LogP contribution in [0.25, 0.3) is 0 Å². The molecule has 4 aliphatic rings. The molecule has 0 aliphatic carbocycles. The molecule has 4 heteroatoms. The van der Waals surface area contributed by atoms with Crippen molar-refractivity contribution in [3.8, 4) is 0 Å². The average Bonchev–Trinajstić information content (AvgIpc) is 2.92. The van der Waals surface area contributed by atoms with Crippen molar-refractivity contribution in [3.05, 3.63) is 29.6 Å². The van der Waals surface area contributed by atoms with E-state index in [-0.39, 0.29) is 12.7 Å². The number of likely N-dealkylation sites (tertiary alicyclic amines) is 1. The molecule has 1 aromatic carbocycles.